The third kappa shape index (κ3) is 5.34. The van der Waals surface area contributed by atoms with E-state index in [4.69, 9.17) is 0 Å². The van der Waals surface area contributed by atoms with Gasteiger partial charge in [0.05, 0.1) is 16.6 Å². The van der Waals surface area contributed by atoms with Gasteiger partial charge in [-0.25, -0.2) is 0 Å². The van der Waals surface area contributed by atoms with Crippen LogP contribution in [-0.4, -0.2) is 15.8 Å². The van der Waals surface area contributed by atoms with E-state index in [1.54, 1.807) is 0 Å². The number of rotatable bonds is 3. The topological polar surface area (TPSA) is 9.86 Å². The zero-order valence-corrected chi connectivity index (χ0v) is 40.6. The first-order valence-electron chi connectivity index (χ1n) is 26.3. The van der Waals surface area contributed by atoms with E-state index in [0.29, 0.717) is 0 Å². The molecule has 2 nitrogen and oxygen atoms in total. The minimum atomic E-state index is -0.0511. The Morgan fingerprint density at radius 3 is 1.27 bits per heavy atom. The zero-order chi connectivity index (χ0) is 48.6. The van der Waals surface area contributed by atoms with Crippen molar-refractivity contribution in [3.8, 4) is 44.8 Å². The maximum absolute atomic E-state index is 2.64. The van der Waals surface area contributed by atoms with Crippen molar-refractivity contribution in [2.75, 3.05) is 0 Å². The fraction of sp³-hybridized carbons (Fsp3) is 0. The van der Waals surface area contributed by atoms with Crippen LogP contribution in [0.3, 0.4) is 0 Å². The summed E-state index contributed by atoms with van der Waals surface area (Å²) in [5, 5.41) is 20.4. The monoisotopic (exact) mass is 944 g/mol. The third-order valence-corrected chi connectivity index (χ3v) is 17.4. The van der Waals surface area contributed by atoms with E-state index in [1.807, 2.05) is 0 Å². The number of fused-ring (bicyclic) bond motifs is 20. The van der Waals surface area contributed by atoms with Crippen LogP contribution in [0.5, 0.6) is 0 Å². The number of hydrogen-bond acceptors (Lipinski definition) is 0. The summed E-state index contributed by atoms with van der Waals surface area (Å²) in [7, 11) is 0. The molecule has 4 heterocycles. The standard InChI is InChI=1S/C72H41BN2/c1-4-15-45-34-48(27-24-42(45)12-1)51-30-32-64-58(37-51)60-39-53(50-29-26-44-14-3-6-17-47(44)36-50)40-62-71(60)74(64)66-22-11-23-67-70(66)73(62)63-41-59-56-20-8-7-18-54(56)55-19-9-10-21-57(55)68(59)69-61-38-52(31-33-65(61)75(67)72(63)69)49-28-25-43-13-2-5-16-46(43)35-49/h1-41H. The van der Waals surface area contributed by atoms with Crippen LogP contribution < -0.4 is 16.4 Å². The molecule has 0 fully saturated rings. The first-order valence-corrected chi connectivity index (χ1v) is 26.3. The van der Waals surface area contributed by atoms with Gasteiger partial charge in [0, 0.05) is 43.8 Å². The van der Waals surface area contributed by atoms with Gasteiger partial charge >= 0.3 is 0 Å². The van der Waals surface area contributed by atoms with E-state index in [2.05, 4.69) is 258 Å². The van der Waals surface area contributed by atoms with Gasteiger partial charge < -0.3 is 9.13 Å². The summed E-state index contributed by atoms with van der Waals surface area (Å²) in [6.45, 7) is -0.0511. The fourth-order valence-corrected chi connectivity index (χ4v) is 14.1. The lowest BCUT2D eigenvalue weighted by Crippen LogP contribution is -2.59. The molecule has 3 heteroatoms. The Morgan fingerprint density at radius 2 is 0.667 bits per heavy atom. The highest BCUT2D eigenvalue weighted by atomic mass is 15.0. The highest BCUT2D eigenvalue weighted by Gasteiger charge is 2.42. The van der Waals surface area contributed by atoms with Crippen LogP contribution in [0.15, 0.2) is 249 Å². The summed E-state index contributed by atoms with van der Waals surface area (Å²) in [5.74, 6) is 0. The van der Waals surface area contributed by atoms with Gasteiger partial charge in [-0.3, -0.25) is 0 Å². The quantitative estimate of drug-likeness (QED) is 0.123. The second-order valence-corrected chi connectivity index (χ2v) is 21.1. The summed E-state index contributed by atoms with van der Waals surface area (Å²) in [4.78, 5) is 0. The minimum absolute atomic E-state index is 0.0511. The average Bonchev–Trinajstić information content (AvgIpc) is 4.25. The van der Waals surface area contributed by atoms with Gasteiger partial charge in [-0.2, -0.15) is 0 Å². The zero-order valence-electron chi connectivity index (χ0n) is 40.6. The van der Waals surface area contributed by atoms with E-state index in [0.717, 1.165) is 0 Å². The molecular weight excluding hydrogens is 904 g/mol. The molecule has 0 aliphatic carbocycles. The third-order valence-electron chi connectivity index (χ3n) is 17.4. The summed E-state index contributed by atoms with van der Waals surface area (Å²) >= 11 is 0. The van der Waals surface area contributed by atoms with Crippen LogP contribution in [-0.2, 0) is 0 Å². The van der Waals surface area contributed by atoms with Crippen molar-refractivity contribution in [1.82, 2.24) is 9.13 Å². The molecule has 16 aromatic rings. The normalized spacial score (nSPS) is 12.8. The SMILES string of the molecule is c1cc2c3c(c1)-n1c4ccc(-c5ccc6ccccc6c5)cc4c4c5c6ccccc6c6ccccc6c5cc(c41)B3c1cc(-c3ccc4ccccc4c3)cc3c4cc(-c5ccc6ccccc6c5)ccc4n-2c13. The maximum atomic E-state index is 2.64. The molecule has 0 radical (unpaired) electrons. The second-order valence-electron chi connectivity index (χ2n) is 21.1. The Bertz CT molecular complexity index is 5260. The van der Waals surface area contributed by atoms with Crippen molar-refractivity contribution in [3.63, 3.8) is 0 Å². The Labute approximate surface area is 431 Å². The van der Waals surface area contributed by atoms with Crippen LogP contribution >= 0.6 is 0 Å². The van der Waals surface area contributed by atoms with E-state index < -0.39 is 0 Å². The van der Waals surface area contributed by atoms with Crippen LogP contribution in [0, 0.1) is 0 Å². The Balaban J connectivity index is 0.996. The predicted octanol–water partition coefficient (Wildman–Crippen LogP) is 16.9. The molecule has 0 atom stereocenters. The van der Waals surface area contributed by atoms with Crippen LogP contribution in [0.4, 0.5) is 0 Å². The highest BCUT2D eigenvalue weighted by molar-refractivity contribution is 7.00. The van der Waals surface area contributed by atoms with Gasteiger partial charge in [0.2, 0.25) is 0 Å². The molecular formula is C72H41BN2. The van der Waals surface area contributed by atoms with Gasteiger partial charge in [0.15, 0.2) is 0 Å². The fourth-order valence-electron chi connectivity index (χ4n) is 14.1. The second kappa shape index (κ2) is 14.5. The molecule has 14 aromatic carbocycles. The molecule has 0 amide bonds. The van der Waals surface area contributed by atoms with Crippen molar-refractivity contribution in [2.45, 2.75) is 0 Å². The molecule has 18 rings (SSSR count). The molecule has 0 saturated heterocycles. The van der Waals surface area contributed by atoms with Gasteiger partial charge in [-0.05, 0) is 170 Å². The smallest absolute Gasteiger partial charge is 0.252 e. The van der Waals surface area contributed by atoms with Crippen molar-refractivity contribution >= 4 is 131 Å². The number of nitrogens with zero attached hydrogens (tertiary/aromatic N) is 2. The lowest BCUT2D eigenvalue weighted by Gasteiger charge is -2.34. The first-order chi connectivity index (χ1) is 37.2. The number of hydrogen-bond donors (Lipinski definition) is 0. The molecule has 342 valence electrons. The number of benzene rings is 14. The summed E-state index contributed by atoms with van der Waals surface area (Å²) in [6.07, 6.45) is 0. The van der Waals surface area contributed by atoms with Crippen molar-refractivity contribution in [1.29, 1.82) is 0 Å². The van der Waals surface area contributed by atoms with Gasteiger partial charge in [-0.15, -0.1) is 0 Å². The molecule has 2 aliphatic heterocycles. The lowest BCUT2D eigenvalue weighted by atomic mass is 9.34. The van der Waals surface area contributed by atoms with Crippen molar-refractivity contribution < 1.29 is 0 Å². The molecule has 0 unspecified atom stereocenters. The van der Waals surface area contributed by atoms with Gasteiger partial charge in [0.1, 0.15) is 0 Å². The molecule has 2 aliphatic rings. The van der Waals surface area contributed by atoms with Crippen molar-refractivity contribution in [3.05, 3.63) is 249 Å². The first kappa shape index (κ1) is 39.9. The van der Waals surface area contributed by atoms with Crippen molar-refractivity contribution in [2.24, 2.45) is 0 Å². The van der Waals surface area contributed by atoms with Gasteiger partial charge in [-0.1, -0.05) is 188 Å². The van der Waals surface area contributed by atoms with Gasteiger partial charge in [0.25, 0.3) is 6.71 Å². The number of aromatic nitrogens is 2. The van der Waals surface area contributed by atoms with Crippen LogP contribution in [0.25, 0.3) is 153 Å². The summed E-state index contributed by atoms with van der Waals surface area (Å²) < 4.78 is 5.25. The van der Waals surface area contributed by atoms with Crippen LogP contribution in [0.2, 0.25) is 0 Å². The van der Waals surface area contributed by atoms with E-state index in [1.165, 1.54) is 169 Å². The van der Waals surface area contributed by atoms with E-state index in [9.17, 15) is 0 Å². The Hall–Kier alpha value is -9.70. The summed E-state index contributed by atoms with van der Waals surface area (Å²) in [6, 6.07) is 94.4. The van der Waals surface area contributed by atoms with Crippen LogP contribution in [0.1, 0.15) is 0 Å². The Kier molecular flexibility index (Phi) is 7.71. The average molecular weight is 945 g/mol. The molecule has 0 bridgehead atoms. The lowest BCUT2D eigenvalue weighted by molar-refractivity contribution is 1.14. The molecule has 0 saturated carbocycles. The predicted molar refractivity (Wildman–Crippen MR) is 321 cm³/mol. The molecule has 75 heavy (non-hydrogen) atoms. The minimum Gasteiger partial charge on any atom is -0.310 e. The summed E-state index contributed by atoms with van der Waals surface area (Å²) in [5.41, 5.74) is 19.0. The Morgan fingerprint density at radius 1 is 0.240 bits per heavy atom. The van der Waals surface area contributed by atoms with E-state index in [-0.39, 0.29) is 6.71 Å². The maximum Gasteiger partial charge on any atom is 0.252 e. The largest absolute Gasteiger partial charge is 0.310 e. The molecule has 0 N–H and O–H groups in total. The van der Waals surface area contributed by atoms with E-state index >= 15 is 0 Å². The highest BCUT2D eigenvalue weighted by Crippen LogP contribution is 2.47. The molecule has 2 aromatic heterocycles. The molecule has 0 spiro atoms.